The number of nitro groups is 1. The van der Waals surface area contributed by atoms with Crippen molar-refractivity contribution in [1.82, 2.24) is 0 Å². The molecule has 1 heterocycles. The van der Waals surface area contributed by atoms with Crippen LogP contribution in [-0.4, -0.2) is 17.5 Å². The minimum atomic E-state index is -0.432. The lowest BCUT2D eigenvalue weighted by atomic mass is 9.97. The fraction of sp³-hybridized carbons (Fsp3) is 0.300. The third-order valence-electron chi connectivity index (χ3n) is 2.43. The molecular formula is C10H9NO4. The first kappa shape index (κ1) is 9.64. The Labute approximate surface area is 85.8 Å². The molecule has 15 heavy (non-hydrogen) atoms. The Kier molecular flexibility index (Phi) is 2.37. The summed E-state index contributed by atoms with van der Waals surface area (Å²) in [5.74, 6) is -0.475. The zero-order chi connectivity index (χ0) is 10.8. The van der Waals surface area contributed by atoms with Crippen LogP contribution >= 0.6 is 0 Å². The summed E-state index contributed by atoms with van der Waals surface area (Å²) in [4.78, 5) is 21.2. The number of carbonyl (C=O) groups is 1. The molecule has 1 aromatic rings. The van der Waals surface area contributed by atoms with Crippen molar-refractivity contribution in [3.8, 4) is 0 Å². The summed E-state index contributed by atoms with van der Waals surface area (Å²) in [6.07, 6.45) is 0.227. The minimum absolute atomic E-state index is 0.0563. The van der Waals surface area contributed by atoms with Gasteiger partial charge in [-0.15, -0.1) is 0 Å². The number of hydrogen-bond donors (Lipinski definition) is 0. The molecule has 1 fully saturated rings. The molecular weight excluding hydrogens is 198 g/mol. The van der Waals surface area contributed by atoms with Crippen LogP contribution in [0.4, 0.5) is 5.69 Å². The normalized spacial score (nSPS) is 20.0. The van der Waals surface area contributed by atoms with Gasteiger partial charge in [0.15, 0.2) is 0 Å². The predicted molar refractivity (Wildman–Crippen MR) is 51.4 cm³/mol. The maximum Gasteiger partial charge on any atom is 0.306 e. The zero-order valence-corrected chi connectivity index (χ0v) is 7.88. The molecule has 1 saturated heterocycles. The minimum Gasteiger partial charge on any atom is -0.465 e. The molecule has 0 aromatic heterocycles. The first-order valence-electron chi connectivity index (χ1n) is 4.57. The summed E-state index contributed by atoms with van der Waals surface area (Å²) in [6.45, 7) is 0.240. The standard InChI is InChI=1S/C10H9NO4/c12-10-5-7(6-15-10)8-3-1-2-4-9(8)11(13)14/h1-4,7H,5-6H2/t7-/m0/s1. The number of rotatable bonds is 2. The van der Waals surface area contributed by atoms with Crippen molar-refractivity contribution in [2.45, 2.75) is 12.3 Å². The number of benzene rings is 1. The fourth-order valence-corrected chi connectivity index (χ4v) is 1.71. The van der Waals surface area contributed by atoms with Gasteiger partial charge in [0.2, 0.25) is 0 Å². The SMILES string of the molecule is O=C1C[C@H](c2ccccc2[N+](=O)[O-])CO1. The van der Waals surface area contributed by atoms with E-state index in [0.717, 1.165) is 0 Å². The Bertz CT molecular complexity index is 416. The molecule has 2 rings (SSSR count). The van der Waals surface area contributed by atoms with Gasteiger partial charge in [0, 0.05) is 17.5 Å². The van der Waals surface area contributed by atoms with Crippen LogP contribution in [0.3, 0.4) is 0 Å². The van der Waals surface area contributed by atoms with E-state index in [1.807, 2.05) is 0 Å². The number of nitro benzene ring substituents is 1. The first-order valence-corrected chi connectivity index (χ1v) is 4.57. The number of cyclic esters (lactones) is 1. The lowest BCUT2D eigenvalue weighted by molar-refractivity contribution is -0.385. The van der Waals surface area contributed by atoms with E-state index in [2.05, 4.69) is 0 Å². The maximum atomic E-state index is 10.9. The summed E-state index contributed by atoms with van der Waals surface area (Å²) in [5.41, 5.74) is 0.633. The molecule has 0 spiro atoms. The zero-order valence-electron chi connectivity index (χ0n) is 7.88. The molecule has 5 heteroatoms. The third kappa shape index (κ3) is 1.81. The highest BCUT2D eigenvalue weighted by atomic mass is 16.6. The second-order valence-corrected chi connectivity index (χ2v) is 3.40. The molecule has 0 radical (unpaired) electrons. The summed E-state index contributed by atoms with van der Waals surface area (Å²) in [5, 5.41) is 10.7. The number of esters is 1. The number of nitrogens with zero attached hydrogens (tertiary/aromatic N) is 1. The van der Waals surface area contributed by atoms with Crippen molar-refractivity contribution < 1.29 is 14.5 Å². The van der Waals surface area contributed by atoms with Crippen molar-refractivity contribution in [3.63, 3.8) is 0 Å². The van der Waals surface area contributed by atoms with Gasteiger partial charge in [-0.25, -0.2) is 0 Å². The highest BCUT2D eigenvalue weighted by Crippen LogP contribution is 2.32. The smallest absolute Gasteiger partial charge is 0.306 e. The Morgan fingerprint density at radius 2 is 2.13 bits per heavy atom. The molecule has 78 valence electrons. The number of hydrogen-bond acceptors (Lipinski definition) is 4. The van der Waals surface area contributed by atoms with E-state index in [-0.39, 0.29) is 30.6 Å². The average molecular weight is 207 g/mol. The second-order valence-electron chi connectivity index (χ2n) is 3.40. The van der Waals surface area contributed by atoms with E-state index in [0.29, 0.717) is 5.56 Å². The lowest BCUT2D eigenvalue weighted by Gasteiger charge is -2.06. The van der Waals surface area contributed by atoms with Crippen LogP contribution in [0.15, 0.2) is 24.3 Å². The van der Waals surface area contributed by atoms with Gasteiger partial charge in [0.1, 0.15) is 0 Å². The van der Waals surface area contributed by atoms with Crippen LogP contribution in [-0.2, 0) is 9.53 Å². The summed E-state index contributed by atoms with van der Waals surface area (Å²) in [7, 11) is 0. The van der Waals surface area contributed by atoms with Crippen LogP contribution in [0, 0.1) is 10.1 Å². The van der Waals surface area contributed by atoms with Crippen molar-refractivity contribution in [2.75, 3.05) is 6.61 Å². The van der Waals surface area contributed by atoms with Gasteiger partial charge in [-0.05, 0) is 0 Å². The summed E-state index contributed by atoms with van der Waals surface area (Å²) >= 11 is 0. The molecule has 0 saturated carbocycles. The monoisotopic (exact) mass is 207 g/mol. The fourth-order valence-electron chi connectivity index (χ4n) is 1.71. The summed E-state index contributed by atoms with van der Waals surface area (Å²) in [6, 6.07) is 6.45. The number of para-hydroxylation sites is 1. The van der Waals surface area contributed by atoms with Crippen molar-refractivity contribution in [3.05, 3.63) is 39.9 Å². The summed E-state index contributed by atoms with van der Waals surface area (Å²) < 4.78 is 4.79. The van der Waals surface area contributed by atoms with Crippen molar-refractivity contribution in [1.29, 1.82) is 0 Å². The van der Waals surface area contributed by atoms with Gasteiger partial charge < -0.3 is 4.74 Å². The van der Waals surface area contributed by atoms with Crippen LogP contribution in [0.1, 0.15) is 17.9 Å². The second kappa shape index (κ2) is 3.68. The predicted octanol–water partition coefficient (Wildman–Crippen LogP) is 1.63. The Hall–Kier alpha value is -1.91. The highest BCUT2D eigenvalue weighted by Gasteiger charge is 2.30. The first-order chi connectivity index (χ1) is 7.18. The van der Waals surface area contributed by atoms with Crippen LogP contribution in [0.2, 0.25) is 0 Å². The van der Waals surface area contributed by atoms with E-state index in [4.69, 9.17) is 4.74 Å². The Balaban J connectivity index is 2.35. The van der Waals surface area contributed by atoms with E-state index < -0.39 is 4.92 Å². The van der Waals surface area contributed by atoms with Gasteiger partial charge >= 0.3 is 5.97 Å². The van der Waals surface area contributed by atoms with Crippen LogP contribution < -0.4 is 0 Å². The quantitative estimate of drug-likeness (QED) is 0.419. The average Bonchev–Trinajstić information content (AvgIpc) is 2.65. The molecule has 1 aromatic carbocycles. The molecule has 0 bridgehead atoms. The van der Waals surface area contributed by atoms with Crippen LogP contribution in [0.25, 0.3) is 0 Å². The van der Waals surface area contributed by atoms with E-state index >= 15 is 0 Å². The van der Waals surface area contributed by atoms with Gasteiger partial charge in [0.25, 0.3) is 5.69 Å². The molecule has 1 aliphatic heterocycles. The largest absolute Gasteiger partial charge is 0.465 e. The molecule has 0 N–H and O–H groups in total. The highest BCUT2D eigenvalue weighted by molar-refractivity contribution is 5.73. The van der Waals surface area contributed by atoms with Gasteiger partial charge in [-0.2, -0.15) is 0 Å². The maximum absolute atomic E-state index is 10.9. The van der Waals surface area contributed by atoms with E-state index in [1.54, 1.807) is 18.2 Å². The number of carbonyl (C=O) groups excluding carboxylic acids is 1. The molecule has 0 unspecified atom stereocenters. The van der Waals surface area contributed by atoms with Gasteiger partial charge in [-0.3, -0.25) is 14.9 Å². The van der Waals surface area contributed by atoms with Crippen molar-refractivity contribution in [2.24, 2.45) is 0 Å². The van der Waals surface area contributed by atoms with Crippen LogP contribution in [0.5, 0.6) is 0 Å². The lowest BCUT2D eigenvalue weighted by Crippen LogP contribution is -2.02. The Morgan fingerprint density at radius 3 is 2.73 bits per heavy atom. The topological polar surface area (TPSA) is 69.4 Å². The van der Waals surface area contributed by atoms with Crippen molar-refractivity contribution >= 4 is 11.7 Å². The third-order valence-corrected chi connectivity index (χ3v) is 2.43. The Morgan fingerprint density at radius 1 is 1.40 bits per heavy atom. The number of ether oxygens (including phenoxy) is 1. The molecule has 5 nitrogen and oxygen atoms in total. The van der Waals surface area contributed by atoms with E-state index in [1.165, 1.54) is 6.07 Å². The van der Waals surface area contributed by atoms with Gasteiger partial charge in [0.05, 0.1) is 18.0 Å². The van der Waals surface area contributed by atoms with E-state index in [9.17, 15) is 14.9 Å². The molecule has 1 atom stereocenters. The molecule has 0 amide bonds. The molecule has 1 aliphatic rings. The molecule has 0 aliphatic carbocycles. The van der Waals surface area contributed by atoms with Gasteiger partial charge in [-0.1, -0.05) is 18.2 Å².